The van der Waals surface area contributed by atoms with Crippen molar-refractivity contribution >= 4 is 29.9 Å². The number of aliphatic imine (C=N–C) groups is 1. The van der Waals surface area contributed by atoms with Crippen molar-refractivity contribution in [3.63, 3.8) is 0 Å². The summed E-state index contributed by atoms with van der Waals surface area (Å²) in [6.45, 7) is 4.74. The van der Waals surface area contributed by atoms with E-state index < -0.39 is 0 Å². The molecule has 6 heteroatoms. The first-order chi connectivity index (χ1) is 10.7. The summed E-state index contributed by atoms with van der Waals surface area (Å²) >= 11 is 0. The Morgan fingerprint density at radius 3 is 2.78 bits per heavy atom. The van der Waals surface area contributed by atoms with Crippen molar-refractivity contribution in [2.24, 2.45) is 10.7 Å². The van der Waals surface area contributed by atoms with Gasteiger partial charge in [0.1, 0.15) is 18.1 Å². The van der Waals surface area contributed by atoms with Crippen molar-refractivity contribution in [1.29, 1.82) is 0 Å². The molecule has 1 aliphatic rings. The second-order valence-electron chi connectivity index (χ2n) is 5.43. The summed E-state index contributed by atoms with van der Waals surface area (Å²) in [4.78, 5) is 6.48. The van der Waals surface area contributed by atoms with Gasteiger partial charge in [-0.2, -0.15) is 0 Å². The second-order valence-corrected chi connectivity index (χ2v) is 5.43. The Balaban J connectivity index is 0.00000192. The number of ether oxygens (including phenoxy) is 1. The van der Waals surface area contributed by atoms with Crippen LogP contribution in [-0.2, 0) is 11.3 Å². The van der Waals surface area contributed by atoms with Crippen molar-refractivity contribution in [2.45, 2.75) is 19.6 Å². The molecule has 0 bridgehead atoms. The molecule has 0 radical (unpaired) electrons. The minimum absolute atomic E-state index is 0. The molecule has 1 fully saturated rings. The third-order valence-corrected chi connectivity index (χ3v) is 3.68. The molecule has 0 amide bonds. The van der Waals surface area contributed by atoms with Gasteiger partial charge in [0.05, 0.1) is 12.7 Å². The fraction of sp³-hybridized carbons (Fsp3) is 0.353. The van der Waals surface area contributed by atoms with Crippen LogP contribution in [0.2, 0.25) is 0 Å². The third kappa shape index (κ3) is 4.71. The average molecular weight is 427 g/mol. The highest BCUT2D eigenvalue weighted by Crippen LogP contribution is 2.22. The standard InChI is InChI=1S/C17H21N3O2.HI/c1-13-12-20(9-10-21-13)17(18)19-11-15-7-8-16(22-15)14-5-3-2-4-6-14;/h2-8,13H,9-12H2,1H3,(H2,18,19);1H. The molecule has 2 aromatic rings. The number of rotatable bonds is 3. The van der Waals surface area contributed by atoms with Crippen molar-refractivity contribution in [1.82, 2.24) is 4.90 Å². The largest absolute Gasteiger partial charge is 0.459 e. The van der Waals surface area contributed by atoms with Gasteiger partial charge in [-0.1, -0.05) is 30.3 Å². The maximum absolute atomic E-state index is 6.06. The van der Waals surface area contributed by atoms with Crippen LogP contribution in [0.25, 0.3) is 11.3 Å². The third-order valence-electron chi connectivity index (χ3n) is 3.68. The molecule has 124 valence electrons. The van der Waals surface area contributed by atoms with E-state index in [2.05, 4.69) is 9.89 Å². The molecule has 0 aliphatic carbocycles. The van der Waals surface area contributed by atoms with Crippen LogP contribution in [0.15, 0.2) is 51.9 Å². The quantitative estimate of drug-likeness (QED) is 0.465. The first-order valence-corrected chi connectivity index (χ1v) is 7.53. The van der Waals surface area contributed by atoms with Crippen LogP contribution in [-0.4, -0.2) is 36.7 Å². The van der Waals surface area contributed by atoms with Crippen LogP contribution in [0.5, 0.6) is 0 Å². The van der Waals surface area contributed by atoms with Gasteiger partial charge in [-0.15, -0.1) is 24.0 Å². The summed E-state index contributed by atoms with van der Waals surface area (Å²) in [5.41, 5.74) is 7.12. The predicted octanol–water partition coefficient (Wildman–Crippen LogP) is 3.10. The maximum Gasteiger partial charge on any atom is 0.191 e. The monoisotopic (exact) mass is 427 g/mol. The van der Waals surface area contributed by atoms with E-state index in [4.69, 9.17) is 14.9 Å². The predicted molar refractivity (Wildman–Crippen MR) is 102 cm³/mol. The Kier molecular flexibility index (Phi) is 6.47. The molecule has 1 aromatic heterocycles. The van der Waals surface area contributed by atoms with Gasteiger partial charge in [0.25, 0.3) is 0 Å². The highest BCUT2D eigenvalue weighted by molar-refractivity contribution is 14.0. The number of hydrogen-bond acceptors (Lipinski definition) is 3. The molecule has 1 aromatic carbocycles. The fourth-order valence-electron chi connectivity index (χ4n) is 2.51. The zero-order valence-corrected chi connectivity index (χ0v) is 15.5. The minimum Gasteiger partial charge on any atom is -0.459 e. The van der Waals surface area contributed by atoms with Crippen molar-refractivity contribution in [2.75, 3.05) is 19.7 Å². The summed E-state index contributed by atoms with van der Waals surface area (Å²) in [6, 6.07) is 13.9. The van der Waals surface area contributed by atoms with Crippen molar-refractivity contribution in [3.05, 3.63) is 48.2 Å². The molecule has 23 heavy (non-hydrogen) atoms. The van der Waals surface area contributed by atoms with E-state index >= 15 is 0 Å². The van der Waals surface area contributed by atoms with Crippen LogP contribution in [0.3, 0.4) is 0 Å². The number of nitrogens with two attached hydrogens (primary N) is 1. The maximum atomic E-state index is 6.06. The van der Waals surface area contributed by atoms with Gasteiger partial charge in [-0.25, -0.2) is 4.99 Å². The van der Waals surface area contributed by atoms with E-state index in [1.807, 2.05) is 49.4 Å². The second kappa shape index (κ2) is 8.35. The number of guanidine groups is 1. The lowest BCUT2D eigenvalue weighted by molar-refractivity contribution is 0.00528. The molecule has 1 saturated heterocycles. The van der Waals surface area contributed by atoms with Gasteiger partial charge >= 0.3 is 0 Å². The number of benzene rings is 1. The SMILES string of the molecule is CC1CN(C(N)=NCc2ccc(-c3ccccc3)o2)CCO1.I. The first kappa shape index (κ1) is 17.8. The molecule has 1 unspecified atom stereocenters. The lowest BCUT2D eigenvalue weighted by Gasteiger charge is -2.31. The molecule has 2 N–H and O–H groups in total. The van der Waals surface area contributed by atoms with Crippen LogP contribution in [0.1, 0.15) is 12.7 Å². The molecule has 0 saturated carbocycles. The van der Waals surface area contributed by atoms with Gasteiger partial charge in [0.15, 0.2) is 5.96 Å². The molecule has 1 atom stereocenters. The fourth-order valence-corrected chi connectivity index (χ4v) is 2.51. The van der Waals surface area contributed by atoms with E-state index in [1.165, 1.54) is 0 Å². The van der Waals surface area contributed by atoms with Crippen molar-refractivity contribution < 1.29 is 9.15 Å². The lowest BCUT2D eigenvalue weighted by atomic mass is 10.2. The zero-order valence-electron chi connectivity index (χ0n) is 13.1. The van der Waals surface area contributed by atoms with Crippen LogP contribution in [0, 0.1) is 0 Å². The Bertz CT molecular complexity index is 642. The Labute approximate surface area is 153 Å². The zero-order chi connectivity index (χ0) is 15.4. The van der Waals surface area contributed by atoms with E-state index in [0.29, 0.717) is 19.1 Å². The average Bonchev–Trinajstić information content (AvgIpc) is 3.02. The molecular weight excluding hydrogens is 405 g/mol. The molecule has 1 aliphatic heterocycles. The normalized spacial score (nSPS) is 18.6. The summed E-state index contributed by atoms with van der Waals surface area (Å²) < 4.78 is 11.3. The molecular formula is C17H22IN3O2. The molecule has 3 rings (SSSR count). The summed E-state index contributed by atoms with van der Waals surface area (Å²) in [6.07, 6.45) is 0.191. The Morgan fingerprint density at radius 1 is 1.26 bits per heavy atom. The molecule has 5 nitrogen and oxygen atoms in total. The number of hydrogen-bond donors (Lipinski definition) is 1. The number of morpholine rings is 1. The van der Waals surface area contributed by atoms with Crippen LogP contribution >= 0.6 is 24.0 Å². The molecule has 0 spiro atoms. The van der Waals surface area contributed by atoms with Crippen LogP contribution in [0.4, 0.5) is 0 Å². The molecule has 2 heterocycles. The Morgan fingerprint density at radius 2 is 2.04 bits per heavy atom. The van der Waals surface area contributed by atoms with E-state index in [0.717, 1.165) is 30.2 Å². The van der Waals surface area contributed by atoms with Gasteiger partial charge in [0, 0.05) is 18.7 Å². The van der Waals surface area contributed by atoms with Gasteiger partial charge in [-0.3, -0.25) is 0 Å². The number of nitrogens with zero attached hydrogens (tertiary/aromatic N) is 2. The lowest BCUT2D eigenvalue weighted by Crippen LogP contribution is -2.47. The van der Waals surface area contributed by atoms with Gasteiger partial charge < -0.3 is 19.8 Å². The van der Waals surface area contributed by atoms with E-state index in [9.17, 15) is 0 Å². The van der Waals surface area contributed by atoms with Crippen molar-refractivity contribution in [3.8, 4) is 11.3 Å². The Hall–Kier alpha value is -1.54. The first-order valence-electron chi connectivity index (χ1n) is 7.53. The summed E-state index contributed by atoms with van der Waals surface area (Å²) in [7, 11) is 0. The number of furan rings is 1. The smallest absolute Gasteiger partial charge is 0.191 e. The van der Waals surface area contributed by atoms with E-state index in [1.54, 1.807) is 0 Å². The minimum atomic E-state index is 0. The highest BCUT2D eigenvalue weighted by atomic mass is 127. The topological polar surface area (TPSA) is 64.0 Å². The summed E-state index contributed by atoms with van der Waals surface area (Å²) in [5, 5.41) is 0. The van der Waals surface area contributed by atoms with Gasteiger partial charge in [0.2, 0.25) is 0 Å². The number of halogens is 1. The van der Waals surface area contributed by atoms with Crippen LogP contribution < -0.4 is 5.73 Å². The summed E-state index contributed by atoms with van der Waals surface area (Å²) in [5.74, 6) is 2.21. The van der Waals surface area contributed by atoms with Gasteiger partial charge in [-0.05, 0) is 19.1 Å². The van der Waals surface area contributed by atoms with E-state index in [-0.39, 0.29) is 30.1 Å². The highest BCUT2D eigenvalue weighted by Gasteiger charge is 2.18.